The third-order valence-electron chi connectivity index (χ3n) is 4.41. The number of carbonyl (C=O) groups is 3. The van der Waals surface area contributed by atoms with Crippen LogP contribution in [-0.2, 0) is 14.4 Å². The maximum Gasteiger partial charge on any atom is 0.326 e. The van der Waals surface area contributed by atoms with Gasteiger partial charge in [-0.05, 0) is 19.8 Å². The Kier molecular flexibility index (Phi) is 6.53. The highest BCUT2D eigenvalue weighted by molar-refractivity contribution is 5.87. The van der Waals surface area contributed by atoms with Crippen LogP contribution in [0.5, 0.6) is 0 Å². The van der Waals surface area contributed by atoms with Gasteiger partial charge >= 0.3 is 5.97 Å². The van der Waals surface area contributed by atoms with E-state index in [1.807, 2.05) is 27.7 Å². The SMILES string of the molecule is CCC(C)C(NC(=O)C(C)(C)CN1CCC(=O)CC1)C(=O)O. The Morgan fingerprint density at radius 2 is 1.86 bits per heavy atom. The van der Waals surface area contributed by atoms with Gasteiger partial charge in [-0.15, -0.1) is 0 Å². The van der Waals surface area contributed by atoms with E-state index in [0.29, 0.717) is 38.9 Å². The first kappa shape index (κ1) is 18.6. The van der Waals surface area contributed by atoms with Crippen molar-refractivity contribution in [3.05, 3.63) is 0 Å². The monoisotopic (exact) mass is 312 g/mol. The highest BCUT2D eigenvalue weighted by atomic mass is 16.4. The number of Topliss-reactive ketones (excluding diaryl/α,β-unsaturated/α-hetero) is 1. The van der Waals surface area contributed by atoms with E-state index in [1.54, 1.807) is 0 Å². The van der Waals surface area contributed by atoms with Gasteiger partial charge in [-0.2, -0.15) is 0 Å². The van der Waals surface area contributed by atoms with Crippen molar-refractivity contribution in [1.29, 1.82) is 0 Å². The van der Waals surface area contributed by atoms with E-state index >= 15 is 0 Å². The minimum Gasteiger partial charge on any atom is -0.480 e. The molecule has 126 valence electrons. The third-order valence-corrected chi connectivity index (χ3v) is 4.41. The Balaban J connectivity index is 2.64. The Morgan fingerprint density at radius 1 is 1.32 bits per heavy atom. The molecule has 1 aliphatic rings. The van der Waals surface area contributed by atoms with Gasteiger partial charge in [0, 0.05) is 32.5 Å². The molecule has 0 spiro atoms. The van der Waals surface area contributed by atoms with Crippen LogP contribution in [-0.4, -0.2) is 53.3 Å². The number of rotatable bonds is 7. The van der Waals surface area contributed by atoms with E-state index < -0.39 is 17.4 Å². The summed E-state index contributed by atoms with van der Waals surface area (Å²) in [5.74, 6) is -1.11. The number of nitrogens with one attached hydrogen (secondary N) is 1. The fraction of sp³-hybridized carbons (Fsp3) is 0.812. The maximum absolute atomic E-state index is 12.5. The molecule has 6 heteroatoms. The molecule has 1 heterocycles. The number of ketones is 1. The molecule has 0 aromatic rings. The fourth-order valence-electron chi connectivity index (χ4n) is 2.61. The number of nitrogens with zero attached hydrogens (tertiary/aromatic N) is 1. The zero-order chi connectivity index (χ0) is 16.9. The first-order valence-electron chi connectivity index (χ1n) is 7.95. The summed E-state index contributed by atoms with van der Waals surface area (Å²) in [6, 6.07) is -0.861. The molecule has 0 saturated carbocycles. The number of aliphatic carboxylic acids is 1. The summed E-state index contributed by atoms with van der Waals surface area (Å²) in [6.07, 6.45) is 1.75. The van der Waals surface area contributed by atoms with E-state index in [2.05, 4.69) is 10.2 Å². The van der Waals surface area contributed by atoms with Crippen LogP contribution in [0.1, 0.15) is 47.0 Å². The molecule has 1 rings (SSSR count). The number of likely N-dealkylation sites (tertiary alicyclic amines) is 1. The van der Waals surface area contributed by atoms with Gasteiger partial charge < -0.3 is 15.3 Å². The van der Waals surface area contributed by atoms with Crippen LogP contribution in [0.3, 0.4) is 0 Å². The Bertz CT molecular complexity index is 424. The lowest BCUT2D eigenvalue weighted by molar-refractivity contribution is -0.145. The molecule has 0 aliphatic carbocycles. The van der Waals surface area contributed by atoms with Gasteiger partial charge in [0.05, 0.1) is 5.41 Å². The summed E-state index contributed by atoms with van der Waals surface area (Å²) in [4.78, 5) is 37.2. The largest absolute Gasteiger partial charge is 0.480 e. The minimum atomic E-state index is -0.998. The predicted molar refractivity (Wildman–Crippen MR) is 83.5 cm³/mol. The van der Waals surface area contributed by atoms with Crippen LogP contribution in [0.2, 0.25) is 0 Å². The summed E-state index contributed by atoms with van der Waals surface area (Å²) in [5, 5.41) is 12.0. The molecule has 1 aliphatic heterocycles. The Labute approximate surface area is 132 Å². The normalized spacial score (nSPS) is 19.5. The molecule has 1 fully saturated rings. The summed E-state index contributed by atoms with van der Waals surface area (Å²) in [5.41, 5.74) is -0.693. The number of piperidine rings is 1. The first-order chi connectivity index (χ1) is 10.2. The van der Waals surface area contributed by atoms with Gasteiger partial charge in [0.2, 0.25) is 5.91 Å². The van der Waals surface area contributed by atoms with Crippen molar-refractivity contribution >= 4 is 17.7 Å². The maximum atomic E-state index is 12.5. The van der Waals surface area contributed by atoms with E-state index in [4.69, 9.17) is 0 Å². The van der Waals surface area contributed by atoms with E-state index in [-0.39, 0.29) is 17.6 Å². The second-order valence-corrected chi connectivity index (χ2v) is 6.87. The van der Waals surface area contributed by atoms with E-state index in [9.17, 15) is 19.5 Å². The lowest BCUT2D eigenvalue weighted by Crippen LogP contribution is -2.53. The van der Waals surface area contributed by atoms with Crippen LogP contribution in [0.25, 0.3) is 0 Å². The second kappa shape index (κ2) is 7.72. The van der Waals surface area contributed by atoms with Crippen molar-refractivity contribution in [3.63, 3.8) is 0 Å². The zero-order valence-corrected chi connectivity index (χ0v) is 14.0. The molecule has 1 amide bonds. The van der Waals surface area contributed by atoms with E-state index in [0.717, 1.165) is 0 Å². The number of amides is 1. The fourth-order valence-corrected chi connectivity index (χ4v) is 2.61. The predicted octanol–water partition coefficient (Wildman–Crippen LogP) is 1.29. The molecule has 22 heavy (non-hydrogen) atoms. The highest BCUT2D eigenvalue weighted by Crippen LogP contribution is 2.21. The number of carbonyl (C=O) groups excluding carboxylic acids is 2. The summed E-state index contributed by atoms with van der Waals surface area (Å²) < 4.78 is 0. The van der Waals surface area contributed by atoms with Crippen LogP contribution in [0.15, 0.2) is 0 Å². The summed E-state index contributed by atoms with van der Waals surface area (Å²) in [6.45, 7) is 9.22. The quantitative estimate of drug-likeness (QED) is 0.740. The molecule has 0 aromatic heterocycles. The standard InChI is InChI=1S/C16H28N2O4/c1-5-11(2)13(14(20)21)17-15(22)16(3,4)10-18-8-6-12(19)7-9-18/h11,13H,5-10H2,1-4H3,(H,17,22)(H,20,21). The van der Waals surface area contributed by atoms with Gasteiger partial charge in [-0.1, -0.05) is 20.3 Å². The van der Waals surface area contributed by atoms with Crippen LogP contribution >= 0.6 is 0 Å². The molecule has 2 atom stereocenters. The molecule has 0 radical (unpaired) electrons. The number of carboxylic acids is 1. The molecule has 0 bridgehead atoms. The number of hydrogen-bond donors (Lipinski definition) is 2. The Hall–Kier alpha value is -1.43. The van der Waals surface area contributed by atoms with Gasteiger partial charge in [0.25, 0.3) is 0 Å². The lowest BCUT2D eigenvalue weighted by atomic mass is 9.89. The van der Waals surface area contributed by atoms with Crippen LogP contribution in [0, 0.1) is 11.3 Å². The average molecular weight is 312 g/mol. The third kappa shape index (κ3) is 5.09. The van der Waals surface area contributed by atoms with Gasteiger partial charge in [-0.25, -0.2) is 4.79 Å². The molecular weight excluding hydrogens is 284 g/mol. The van der Waals surface area contributed by atoms with Crippen LogP contribution in [0.4, 0.5) is 0 Å². The molecule has 1 saturated heterocycles. The highest BCUT2D eigenvalue weighted by Gasteiger charge is 2.35. The van der Waals surface area contributed by atoms with Crippen molar-refractivity contribution in [2.24, 2.45) is 11.3 Å². The van der Waals surface area contributed by atoms with Crippen molar-refractivity contribution in [2.45, 2.75) is 53.0 Å². The molecule has 2 N–H and O–H groups in total. The summed E-state index contributed by atoms with van der Waals surface area (Å²) in [7, 11) is 0. The van der Waals surface area contributed by atoms with Crippen molar-refractivity contribution in [1.82, 2.24) is 10.2 Å². The molecule has 0 aromatic carbocycles. The molecular formula is C16H28N2O4. The smallest absolute Gasteiger partial charge is 0.326 e. The molecule has 2 unspecified atom stereocenters. The first-order valence-corrected chi connectivity index (χ1v) is 7.95. The van der Waals surface area contributed by atoms with Crippen LogP contribution < -0.4 is 5.32 Å². The van der Waals surface area contributed by atoms with Crippen molar-refractivity contribution in [2.75, 3.05) is 19.6 Å². The van der Waals surface area contributed by atoms with Crippen molar-refractivity contribution < 1.29 is 19.5 Å². The number of hydrogen-bond acceptors (Lipinski definition) is 4. The van der Waals surface area contributed by atoms with Gasteiger partial charge in [0.15, 0.2) is 0 Å². The van der Waals surface area contributed by atoms with E-state index in [1.165, 1.54) is 0 Å². The topological polar surface area (TPSA) is 86.7 Å². The Morgan fingerprint density at radius 3 is 2.32 bits per heavy atom. The summed E-state index contributed by atoms with van der Waals surface area (Å²) >= 11 is 0. The minimum absolute atomic E-state index is 0.121. The van der Waals surface area contributed by atoms with Gasteiger partial charge in [-0.3, -0.25) is 9.59 Å². The molecule has 6 nitrogen and oxygen atoms in total. The van der Waals surface area contributed by atoms with Gasteiger partial charge in [0.1, 0.15) is 11.8 Å². The second-order valence-electron chi connectivity index (χ2n) is 6.87. The zero-order valence-electron chi connectivity index (χ0n) is 14.0. The number of carboxylic acid groups (broad SMARTS) is 1. The lowest BCUT2D eigenvalue weighted by Gasteiger charge is -2.34. The van der Waals surface area contributed by atoms with Crippen molar-refractivity contribution in [3.8, 4) is 0 Å². The average Bonchev–Trinajstić information content (AvgIpc) is 2.45.